The molecular weight excluding hydrogens is 212 g/mol. The van der Waals surface area contributed by atoms with Crippen LogP contribution in [0.25, 0.3) is 0 Å². The maximum atomic E-state index is 12.1. The average molecular weight is 225 g/mol. The standard InChI is InChI=1S/C15H13O2/c1-2-11-8-9-13(14(16)10-11)15(17)12-6-4-3-5-7-12/h3-10,16H,1-2H2. The van der Waals surface area contributed by atoms with Crippen molar-refractivity contribution in [2.75, 3.05) is 0 Å². The third-order valence-corrected chi connectivity index (χ3v) is 2.63. The van der Waals surface area contributed by atoms with E-state index in [1.807, 2.05) is 12.1 Å². The summed E-state index contributed by atoms with van der Waals surface area (Å²) < 4.78 is 0. The molecule has 0 saturated carbocycles. The number of aromatic hydroxyl groups is 1. The van der Waals surface area contributed by atoms with Crippen molar-refractivity contribution < 1.29 is 9.90 Å². The van der Waals surface area contributed by atoms with Crippen molar-refractivity contribution in [2.45, 2.75) is 6.42 Å². The topological polar surface area (TPSA) is 37.3 Å². The molecule has 0 spiro atoms. The zero-order chi connectivity index (χ0) is 12.3. The van der Waals surface area contributed by atoms with Gasteiger partial charge in [0, 0.05) is 5.56 Å². The fraction of sp³-hybridized carbons (Fsp3) is 0.0667. The number of ketones is 1. The van der Waals surface area contributed by atoms with Crippen LogP contribution >= 0.6 is 0 Å². The quantitative estimate of drug-likeness (QED) is 0.815. The summed E-state index contributed by atoms with van der Waals surface area (Å²) in [6.07, 6.45) is 0.591. The first kappa shape index (κ1) is 11.4. The highest BCUT2D eigenvalue weighted by atomic mass is 16.3. The normalized spacial score (nSPS) is 10.2. The molecule has 0 atom stereocenters. The fourth-order valence-corrected chi connectivity index (χ4v) is 1.67. The molecule has 0 saturated heterocycles. The molecule has 0 aliphatic heterocycles. The van der Waals surface area contributed by atoms with Gasteiger partial charge in [0.25, 0.3) is 0 Å². The minimum atomic E-state index is -0.168. The Balaban J connectivity index is 2.38. The molecule has 0 amide bonds. The zero-order valence-electron chi connectivity index (χ0n) is 9.39. The number of rotatable bonds is 3. The van der Waals surface area contributed by atoms with Gasteiger partial charge in [0.2, 0.25) is 0 Å². The van der Waals surface area contributed by atoms with Gasteiger partial charge in [-0.3, -0.25) is 4.79 Å². The molecular formula is C15H13O2. The molecule has 1 N–H and O–H groups in total. The molecule has 0 aliphatic rings. The van der Waals surface area contributed by atoms with E-state index in [1.165, 1.54) is 0 Å². The molecule has 0 aromatic heterocycles. The lowest BCUT2D eigenvalue weighted by molar-refractivity contribution is 0.103. The number of phenols is 1. The second-order valence-electron chi connectivity index (χ2n) is 3.80. The summed E-state index contributed by atoms with van der Waals surface area (Å²) in [7, 11) is 0. The van der Waals surface area contributed by atoms with Crippen molar-refractivity contribution in [1.29, 1.82) is 0 Å². The van der Waals surface area contributed by atoms with Gasteiger partial charge in [-0.2, -0.15) is 0 Å². The molecule has 0 fully saturated rings. The molecule has 0 bridgehead atoms. The van der Waals surface area contributed by atoms with E-state index in [1.54, 1.807) is 36.4 Å². The van der Waals surface area contributed by atoms with Gasteiger partial charge < -0.3 is 5.11 Å². The van der Waals surface area contributed by atoms with Crippen molar-refractivity contribution in [2.24, 2.45) is 0 Å². The molecule has 2 rings (SSSR count). The first-order valence-corrected chi connectivity index (χ1v) is 5.43. The Bertz CT molecular complexity index is 530. The second kappa shape index (κ2) is 4.83. The summed E-state index contributed by atoms with van der Waals surface area (Å²) >= 11 is 0. The highest BCUT2D eigenvalue weighted by molar-refractivity contribution is 6.10. The molecule has 0 heterocycles. The highest BCUT2D eigenvalue weighted by Gasteiger charge is 2.12. The predicted octanol–water partition coefficient (Wildman–Crippen LogP) is 3.00. The summed E-state index contributed by atoms with van der Waals surface area (Å²) in [5, 5.41) is 9.81. The van der Waals surface area contributed by atoms with Crippen LogP contribution in [0.1, 0.15) is 21.5 Å². The SMILES string of the molecule is [CH2]Cc1ccc(C(=O)c2ccccc2)c(O)c1. The van der Waals surface area contributed by atoms with Crippen LogP contribution in [0.4, 0.5) is 0 Å². The lowest BCUT2D eigenvalue weighted by Crippen LogP contribution is -2.01. The summed E-state index contributed by atoms with van der Waals surface area (Å²) in [5.41, 5.74) is 1.81. The Morgan fingerprint density at radius 3 is 2.41 bits per heavy atom. The number of carbonyl (C=O) groups is 1. The molecule has 2 aromatic carbocycles. The minimum absolute atomic E-state index is 0.0139. The molecule has 17 heavy (non-hydrogen) atoms. The van der Waals surface area contributed by atoms with Gasteiger partial charge in [0.1, 0.15) is 5.75 Å². The number of hydrogen-bond donors (Lipinski definition) is 1. The number of benzene rings is 2. The zero-order valence-corrected chi connectivity index (χ0v) is 9.39. The third-order valence-electron chi connectivity index (χ3n) is 2.63. The highest BCUT2D eigenvalue weighted by Crippen LogP contribution is 2.22. The van der Waals surface area contributed by atoms with Crippen LogP contribution in [0.3, 0.4) is 0 Å². The van der Waals surface area contributed by atoms with Crippen LogP contribution in [0, 0.1) is 6.92 Å². The third kappa shape index (κ3) is 2.36. The molecule has 0 aliphatic carbocycles. The van der Waals surface area contributed by atoms with Crippen LogP contribution in [0.2, 0.25) is 0 Å². The molecule has 2 nitrogen and oxygen atoms in total. The monoisotopic (exact) mass is 225 g/mol. The van der Waals surface area contributed by atoms with Gasteiger partial charge in [-0.1, -0.05) is 36.4 Å². The Morgan fingerprint density at radius 1 is 1.12 bits per heavy atom. The minimum Gasteiger partial charge on any atom is -0.507 e. The summed E-state index contributed by atoms with van der Waals surface area (Å²) in [5.74, 6) is -0.154. The van der Waals surface area contributed by atoms with Crippen LogP contribution in [-0.2, 0) is 6.42 Å². The van der Waals surface area contributed by atoms with Crippen molar-refractivity contribution in [3.63, 3.8) is 0 Å². The molecule has 2 heteroatoms. The smallest absolute Gasteiger partial charge is 0.196 e. The number of phenolic OH excluding ortho intramolecular Hbond substituents is 1. The van der Waals surface area contributed by atoms with Gasteiger partial charge in [0.15, 0.2) is 5.78 Å². The summed E-state index contributed by atoms with van der Waals surface area (Å²) in [6, 6.07) is 14.0. The van der Waals surface area contributed by atoms with E-state index in [2.05, 4.69) is 6.92 Å². The molecule has 2 aromatic rings. The van der Waals surface area contributed by atoms with Gasteiger partial charge >= 0.3 is 0 Å². The molecule has 0 unspecified atom stereocenters. The largest absolute Gasteiger partial charge is 0.507 e. The predicted molar refractivity (Wildman–Crippen MR) is 67.0 cm³/mol. The van der Waals surface area contributed by atoms with E-state index in [0.29, 0.717) is 17.5 Å². The summed E-state index contributed by atoms with van der Waals surface area (Å²) in [4.78, 5) is 12.1. The first-order chi connectivity index (χ1) is 8.22. The van der Waals surface area contributed by atoms with Gasteiger partial charge in [0.05, 0.1) is 5.56 Å². The van der Waals surface area contributed by atoms with Crippen LogP contribution < -0.4 is 0 Å². The van der Waals surface area contributed by atoms with E-state index < -0.39 is 0 Å². The van der Waals surface area contributed by atoms with Crippen molar-refractivity contribution in [1.82, 2.24) is 0 Å². The Hall–Kier alpha value is -2.09. The molecule has 1 radical (unpaired) electrons. The Morgan fingerprint density at radius 2 is 1.82 bits per heavy atom. The van der Waals surface area contributed by atoms with Crippen LogP contribution in [0.5, 0.6) is 5.75 Å². The van der Waals surface area contributed by atoms with E-state index in [4.69, 9.17) is 0 Å². The first-order valence-electron chi connectivity index (χ1n) is 5.43. The summed E-state index contributed by atoms with van der Waals surface area (Å²) in [6.45, 7) is 3.73. The van der Waals surface area contributed by atoms with E-state index in [0.717, 1.165) is 5.56 Å². The molecule has 85 valence electrons. The fourth-order valence-electron chi connectivity index (χ4n) is 1.67. The maximum Gasteiger partial charge on any atom is 0.196 e. The average Bonchev–Trinajstić information content (AvgIpc) is 2.39. The Kier molecular flexibility index (Phi) is 3.24. The van der Waals surface area contributed by atoms with Gasteiger partial charge in [-0.15, -0.1) is 0 Å². The van der Waals surface area contributed by atoms with Crippen LogP contribution in [0.15, 0.2) is 48.5 Å². The van der Waals surface area contributed by atoms with Crippen LogP contribution in [-0.4, -0.2) is 10.9 Å². The van der Waals surface area contributed by atoms with E-state index in [-0.39, 0.29) is 11.5 Å². The van der Waals surface area contributed by atoms with Gasteiger partial charge in [-0.25, -0.2) is 0 Å². The van der Waals surface area contributed by atoms with Gasteiger partial charge in [-0.05, 0) is 31.0 Å². The van der Waals surface area contributed by atoms with Crippen molar-refractivity contribution in [3.8, 4) is 5.75 Å². The van der Waals surface area contributed by atoms with Crippen molar-refractivity contribution >= 4 is 5.78 Å². The lowest BCUT2D eigenvalue weighted by atomic mass is 10.0. The number of hydrogen-bond acceptors (Lipinski definition) is 2. The van der Waals surface area contributed by atoms with E-state index in [9.17, 15) is 9.90 Å². The number of carbonyl (C=O) groups excluding carboxylic acids is 1. The van der Waals surface area contributed by atoms with E-state index >= 15 is 0 Å². The second-order valence-corrected chi connectivity index (χ2v) is 3.80. The maximum absolute atomic E-state index is 12.1. The Labute approximate surface area is 101 Å². The lowest BCUT2D eigenvalue weighted by Gasteiger charge is -2.05. The van der Waals surface area contributed by atoms with Crippen molar-refractivity contribution in [3.05, 3.63) is 72.1 Å².